The first kappa shape index (κ1) is 19.0. The van der Waals surface area contributed by atoms with Gasteiger partial charge in [-0.15, -0.1) is 10.2 Å². The van der Waals surface area contributed by atoms with Crippen molar-refractivity contribution in [1.29, 1.82) is 0 Å². The number of aromatic nitrogens is 3. The molecule has 140 valence electrons. The molecule has 27 heavy (non-hydrogen) atoms. The Labute approximate surface area is 163 Å². The summed E-state index contributed by atoms with van der Waals surface area (Å²) in [5, 5.41) is 12.2. The van der Waals surface area contributed by atoms with E-state index in [0.717, 1.165) is 22.7 Å². The molecule has 1 aromatic heterocycles. The van der Waals surface area contributed by atoms with Crippen molar-refractivity contribution in [2.75, 3.05) is 12.9 Å². The minimum atomic E-state index is -0.0367. The third-order valence-electron chi connectivity index (χ3n) is 4.19. The molecule has 6 nitrogen and oxygen atoms in total. The third-order valence-corrected chi connectivity index (χ3v) is 5.21. The van der Waals surface area contributed by atoms with Gasteiger partial charge in [0.2, 0.25) is 5.91 Å². The lowest BCUT2D eigenvalue weighted by Crippen LogP contribution is -2.28. The van der Waals surface area contributed by atoms with Gasteiger partial charge < -0.3 is 14.6 Å². The number of rotatable bonds is 7. The summed E-state index contributed by atoms with van der Waals surface area (Å²) in [6.07, 6.45) is 0. The summed E-state index contributed by atoms with van der Waals surface area (Å²) in [6, 6.07) is 17.5. The van der Waals surface area contributed by atoms with Crippen LogP contribution in [0.2, 0.25) is 0 Å². The summed E-state index contributed by atoms with van der Waals surface area (Å²) in [4.78, 5) is 12.3. The summed E-state index contributed by atoms with van der Waals surface area (Å²) < 4.78 is 7.07. The minimum absolute atomic E-state index is 0.0337. The SMILES string of the molecule is COc1ccc(-c2nnc(SCC(=O)N[C@@H](C)c3ccccc3)n2C)cc1. The average molecular weight is 382 g/mol. The average Bonchev–Trinajstić information content (AvgIpc) is 3.07. The molecule has 0 fully saturated rings. The fourth-order valence-corrected chi connectivity index (χ4v) is 3.39. The Kier molecular flexibility index (Phi) is 6.13. The number of hydrogen-bond acceptors (Lipinski definition) is 5. The first-order valence-corrected chi connectivity index (χ1v) is 9.58. The van der Waals surface area contributed by atoms with Crippen LogP contribution in [0.15, 0.2) is 59.8 Å². The van der Waals surface area contributed by atoms with E-state index in [0.29, 0.717) is 5.16 Å². The van der Waals surface area contributed by atoms with E-state index in [4.69, 9.17) is 4.74 Å². The maximum atomic E-state index is 12.3. The number of hydrogen-bond donors (Lipinski definition) is 1. The molecule has 0 aliphatic heterocycles. The van der Waals surface area contributed by atoms with Crippen molar-refractivity contribution in [1.82, 2.24) is 20.1 Å². The van der Waals surface area contributed by atoms with E-state index in [1.165, 1.54) is 11.8 Å². The summed E-state index contributed by atoms with van der Waals surface area (Å²) in [5.41, 5.74) is 2.02. The number of benzene rings is 2. The highest BCUT2D eigenvalue weighted by atomic mass is 32.2. The van der Waals surface area contributed by atoms with Crippen LogP contribution in [-0.2, 0) is 11.8 Å². The number of ether oxygens (including phenoxy) is 1. The number of amides is 1. The molecule has 0 bridgehead atoms. The van der Waals surface area contributed by atoms with Crippen molar-refractivity contribution in [2.45, 2.75) is 18.1 Å². The Balaban J connectivity index is 1.59. The second-order valence-corrected chi connectivity index (χ2v) is 7.02. The van der Waals surface area contributed by atoms with Crippen molar-refractivity contribution in [3.63, 3.8) is 0 Å². The molecule has 0 unspecified atom stereocenters. The van der Waals surface area contributed by atoms with Gasteiger partial charge in [-0.3, -0.25) is 4.79 Å². The van der Waals surface area contributed by atoms with Gasteiger partial charge in [0, 0.05) is 12.6 Å². The Morgan fingerprint density at radius 2 is 1.85 bits per heavy atom. The van der Waals surface area contributed by atoms with E-state index in [2.05, 4.69) is 15.5 Å². The second kappa shape index (κ2) is 8.73. The quantitative estimate of drug-likeness (QED) is 0.634. The predicted molar refractivity (Wildman–Crippen MR) is 107 cm³/mol. The first-order chi connectivity index (χ1) is 13.1. The maximum absolute atomic E-state index is 12.3. The van der Waals surface area contributed by atoms with Crippen LogP contribution >= 0.6 is 11.8 Å². The number of carbonyl (C=O) groups excluding carboxylic acids is 1. The fourth-order valence-electron chi connectivity index (χ4n) is 2.67. The molecule has 1 heterocycles. The minimum Gasteiger partial charge on any atom is -0.497 e. The number of nitrogens with zero attached hydrogens (tertiary/aromatic N) is 3. The van der Waals surface area contributed by atoms with Crippen LogP contribution in [0.4, 0.5) is 0 Å². The molecule has 7 heteroatoms. The van der Waals surface area contributed by atoms with Crippen LogP contribution in [-0.4, -0.2) is 33.5 Å². The lowest BCUT2D eigenvalue weighted by molar-refractivity contribution is -0.119. The molecule has 0 saturated carbocycles. The fraction of sp³-hybridized carbons (Fsp3) is 0.250. The van der Waals surface area contributed by atoms with Crippen LogP contribution in [0, 0.1) is 0 Å². The molecule has 3 rings (SSSR count). The number of methoxy groups -OCH3 is 1. The summed E-state index contributed by atoms with van der Waals surface area (Å²) >= 11 is 1.37. The molecule has 3 aromatic rings. The van der Waals surface area contributed by atoms with Crippen LogP contribution in [0.3, 0.4) is 0 Å². The molecule has 0 radical (unpaired) electrons. The molecule has 0 aliphatic rings. The largest absolute Gasteiger partial charge is 0.497 e. The molecule has 0 saturated heterocycles. The lowest BCUT2D eigenvalue weighted by atomic mass is 10.1. The standard InChI is InChI=1S/C20H22N4O2S/c1-14(15-7-5-4-6-8-15)21-18(25)13-27-20-23-22-19(24(20)2)16-9-11-17(26-3)12-10-16/h4-12,14H,13H2,1-3H3,(H,21,25)/t14-/m0/s1. The van der Waals surface area contributed by atoms with Crippen LogP contribution < -0.4 is 10.1 Å². The number of carbonyl (C=O) groups is 1. The van der Waals surface area contributed by atoms with Crippen LogP contribution in [0.1, 0.15) is 18.5 Å². The Hall–Kier alpha value is -2.80. The third kappa shape index (κ3) is 4.68. The monoisotopic (exact) mass is 382 g/mol. The second-order valence-electron chi connectivity index (χ2n) is 6.08. The van der Waals surface area contributed by atoms with E-state index in [-0.39, 0.29) is 17.7 Å². The number of thioether (sulfide) groups is 1. The van der Waals surface area contributed by atoms with E-state index in [1.54, 1.807) is 7.11 Å². The normalized spacial score (nSPS) is 11.8. The van der Waals surface area contributed by atoms with Crippen molar-refractivity contribution in [3.8, 4) is 17.1 Å². The van der Waals surface area contributed by atoms with Gasteiger partial charge in [0.05, 0.1) is 18.9 Å². The van der Waals surface area contributed by atoms with Crippen LogP contribution in [0.25, 0.3) is 11.4 Å². The summed E-state index contributed by atoms with van der Waals surface area (Å²) in [7, 11) is 3.53. The zero-order valence-electron chi connectivity index (χ0n) is 15.5. The van der Waals surface area contributed by atoms with Gasteiger partial charge in [0.15, 0.2) is 11.0 Å². The van der Waals surface area contributed by atoms with Crippen molar-refractivity contribution < 1.29 is 9.53 Å². The maximum Gasteiger partial charge on any atom is 0.230 e. The van der Waals surface area contributed by atoms with Gasteiger partial charge in [-0.25, -0.2) is 0 Å². The van der Waals surface area contributed by atoms with E-state index < -0.39 is 0 Å². The number of nitrogens with one attached hydrogen (secondary N) is 1. The summed E-state index contributed by atoms with van der Waals surface area (Å²) in [5.74, 6) is 1.79. The van der Waals surface area contributed by atoms with E-state index in [1.807, 2.05) is 73.1 Å². The Bertz CT molecular complexity index is 894. The molecule has 1 amide bonds. The zero-order valence-corrected chi connectivity index (χ0v) is 16.4. The summed E-state index contributed by atoms with van der Waals surface area (Å²) in [6.45, 7) is 1.97. The zero-order chi connectivity index (χ0) is 19.2. The Morgan fingerprint density at radius 3 is 2.52 bits per heavy atom. The van der Waals surface area contributed by atoms with Gasteiger partial charge in [-0.2, -0.15) is 0 Å². The smallest absolute Gasteiger partial charge is 0.230 e. The first-order valence-electron chi connectivity index (χ1n) is 8.59. The molecular formula is C20H22N4O2S. The molecular weight excluding hydrogens is 360 g/mol. The van der Waals surface area contributed by atoms with Crippen molar-refractivity contribution in [3.05, 3.63) is 60.2 Å². The molecule has 1 N–H and O–H groups in total. The van der Waals surface area contributed by atoms with Gasteiger partial charge in [-0.05, 0) is 36.8 Å². The molecule has 2 aromatic carbocycles. The van der Waals surface area contributed by atoms with Crippen molar-refractivity contribution >= 4 is 17.7 Å². The van der Waals surface area contributed by atoms with E-state index in [9.17, 15) is 4.79 Å². The lowest BCUT2D eigenvalue weighted by Gasteiger charge is -2.14. The van der Waals surface area contributed by atoms with Gasteiger partial charge >= 0.3 is 0 Å². The Morgan fingerprint density at radius 1 is 1.15 bits per heavy atom. The van der Waals surface area contributed by atoms with Crippen molar-refractivity contribution in [2.24, 2.45) is 7.05 Å². The topological polar surface area (TPSA) is 69.0 Å². The molecule has 0 spiro atoms. The highest BCUT2D eigenvalue weighted by Gasteiger charge is 2.14. The van der Waals surface area contributed by atoms with Crippen LogP contribution in [0.5, 0.6) is 5.75 Å². The van der Waals surface area contributed by atoms with Gasteiger partial charge in [0.1, 0.15) is 5.75 Å². The highest BCUT2D eigenvalue weighted by molar-refractivity contribution is 7.99. The predicted octanol–water partition coefficient (Wildman–Crippen LogP) is 3.46. The molecule has 1 atom stereocenters. The van der Waals surface area contributed by atoms with Gasteiger partial charge in [-0.1, -0.05) is 42.1 Å². The van der Waals surface area contributed by atoms with Gasteiger partial charge in [0.25, 0.3) is 0 Å². The van der Waals surface area contributed by atoms with E-state index >= 15 is 0 Å². The highest BCUT2D eigenvalue weighted by Crippen LogP contribution is 2.24. The molecule has 0 aliphatic carbocycles.